The van der Waals surface area contributed by atoms with Gasteiger partial charge in [-0.15, -0.1) is 0 Å². The third-order valence-corrected chi connectivity index (χ3v) is 2.21. The van der Waals surface area contributed by atoms with Gasteiger partial charge in [0.2, 0.25) is 0 Å². The van der Waals surface area contributed by atoms with E-state index in [1.165, 1.54) is 6.92 Å². The van der Waals surface area contributed by atoms with Crippen LogP contribution in [0.2, 0.25) is 0 Å². The van der Waals surface area contributed by atoms with Crippen LogP contribution in [0.3, 0.4) is 0 Å². The molecule has 0 aromatic heterocycles. The molecule has 0 saturated heterocycles. The number of carbonyl (C=O) groups is 1. The van der Waals surface area contributed by atoms with Crippen molar-refractivity contribution >= 4 is 5.97 Å². The van der Waals surface area contributed by atoms with E-state index >= 15 is 0 Å². The summed E-state index contributed by atoms with van der Waals surface area (Å²) in [6, 6.07) is 0.0863. The highest BCUT2D eigenvalue weighted by atomic mass is 19.4. The van der Waals surface area contributed by atoms with Gasteiger partial charge in [-0.25, -0.2) is 4.79 Å². The van der Waals surface area contributed by atoms with E-state index in [-0.39, 0.29) is 12.1 Å². The summed E-state index contributed by atoms with van der Waals surface area (Å²) in [5.41, 5.74) is -5.46. The molecule has 112 valence electrons. The summed E-state index contributed by atoms with van der Waals surface area (Å²) in [5.74, 6) is -3.01. The lowest BCUT2D eigenvalue weighted by atomic mass is 9.99. The molecule has 9 heteroatoms. The van der Waals surface area contributed by atoms with Crippen LogP contribution in [0.1, 0.15) is 28.4 Å². The first-order chi connectivity index (χ1) is 8.98. The molecule has 0 saturated carbocycles. The van der Waals surface area contributed by atoms with E-state index < -0.39 is 47.4 Å². The van der Waals surface area contributed by atoms with Crippen molar-refractivity contribution in [2.24, 2.45) is 0 Å². The number of benzene rings is 1. The Labute approximate surface area is 108 Å². The number of esters is 1. The number of phenolic OH excluding ortho intramolecular Hbond substituents is 1. The first-order valence-electron chi connectivity index (χ1n) is 5.17. The van der Waals surface area contributed by atoms with Gasteiger partial charge in [0.25, 0.3) is 0 Å². The standard InChI is InChI=1S/C11H8F6O3/c1-2-20-9(19)8-6(10(12,13)14)3-5(18)4-7(8)11(15,16)17/h3-4,18H,2H2,1H3. The van der Waals surface area contributed by atoms with Crippen LogP contribution in [0.5, 0.6) is 5.75 Å². The summed E-state index contributed by atoms with van der Waals surface area (Å²) < 4.78 is 80.5. The van der Waals surface area contributed by atoms with Crippen LogP contribution in [0.4, 0.5) is 26.3 Å². The number of halogens is 6. The van der Waals surface area contributed by atoms with E-state index in [0.717, 1.165) is 0 Å². The van der Waals surface area contributed by atoms with Crippen LogP contribution in [0.15, 0.2) is 12.1 Å². The van der Waals surface area contributed by atoms with Gasteiger partial charge in [0.1, 0.15) is 5.75 Å². The van der Waals surface area contributed by atoms with E-state index in [4.69, 9.17) is 5.11 Å². The Kier molecular flexibility index (Phi) is 4.21. The van der Waals surface area contributed by atoms with Crippen molar-refractivity contribution < 1.29 is 41.0 Å². The molecule has 1 N–H and O–H groups in total. The van der Waals surface area contributed by atoms with E-state index in [1.54, 1.807) is 0 Å². The average molecular weight is 302 g/mol. The molecule has 1 aromatic rings. The Balaban J connectivity index is 3.68. The smallest absolute Gasteiger partial charge is 0.417 e. The van der Waals surface area contributed by atoms with Crippen LogP contribution in [0, 0.1) is 0 Å². The number of rotatable bonds is 2. The highest BCUT2D eigenvalue weighted by Crippen LogP contribution is 2.41. The largest absolute Gasteiger partial charge is 0.508 e. The molecule has 0 atom stereocenters. The minimum absolute atomic E-state index is 0.0431. The first kappa shape index (κ1) is 16.1. The molecule has 0 unspecified atom stereocenters. The molecule has 0 amide bonds. The fourth-order valence-electron chi connectivity index (χ4n) is 1.50. The Morgan fingerprint density at radius 3 is 1.80 bits per heavy atom. The fourth-order valence-corrected chi connectivity index (χ4v) is 1.50. The second-order valence-electron chi connectivity index (χ2n) is 3.63. The summed E-state index contributed by atoms with van der Waals surface area (Å²) in [5, 5.41) is 9.00. The SMILES string of the molecule is CCOC(=O)c1c(C(F)(F)F)cc(O)cc1C(F)(F)F. The zero-order valence-electron chi connectivity index (χ0n) is 9.89. The highest BCUT2D eigenvalue weighted by molar-refractivity contribution is 5.93. The second kappa shape index (κ2) is 5.22. The van der Waals surface area contributed by atoms with Gasteiger partial charge in [-0.2, -0.15) is 26.3 Å². The highest BCUT2D eigenvalue weighted by Gasteiger charge is 2.44. The van der Waals surface area contributed by atoms with Gasteiger partial charge in [-0.1, -0.05) is 0 Å². The molecule has 0 aliphatic rings. The zero-order chi connectivity index (χ0) is 15.7. The quantitative estimate of drug-likeness (QED) is 0.670. The Bertz CT molecular complexity index is 483. The van der Waals surface area contributed by atoms with Crippen LogP contribution in [-0.4, -0.2) is 17.7 Å². The van der Waals surface area contributed by atoms with Crippen molar-refractivity contribution in [1.82, 2.24) is 0 Å². The minimum atomic E-state index is -5.25. The van der Waals surface area contributed by atoms with Gasteiger partial charge >= 0.3 is 18.3 Å². The summed E-state index contributed by atoms with van der Waals surface area (Å²) >= 11 is 0. The predicted molar refractivity (Wildman–Crippen MR) is 54.1 cm³/mol. The van der Waals surface area contributed by atoms with Gasteiger partial charge in [0, 0.05) is 0 Å². The Morgan fingerprint density at radius 1 is 1.10 bits per heavy atom. The average Bonchev–Trinajstić information content (AvgIpc) is 2.25. The number of carbonyl (C=O) groups excluding carboxylic acids is 1. The maximum Gasteiger partial charge on any atom is 0.417 e. The van der Waals surface area contributed by atoms with Crippen LogP contribution in [-0.2, 0) is 17.1 Å². The lowest BCUT2D eigenvalue weighted by Crippen LogP contribution is -2.21. The van der Waals surface area contributed by atoms with E-state index in [0.29, 0.717) is 0 Å². The zero-order valence-corrected chi connectivity index (χ0v) is 9.89. The molecule has 0 heterocycles. The lowest BCUT2D eigenvalue weighted by molar-refractivity contribution is -0.144. The monoisotopic (exact) mass is 302 g/mol. The second-order valence-corrected chi connectivity index (χ2v) is 3.63. The van der Waals surface area contributed by atoms with Gasteiger partial charge in [-0.05, 0) is 19.1 Å². The van der Waals surface area contributed by atoms with Crippen LogP contribution >= 0.6 is 0 Å². The van der Waals surface area contributed by atoms with Gasteiger partial charge in [-0.3, -0.25) is 0 Å². The first-order valence-corrected chi connectivity index (χ1v) is 5.17. The van der Waals surface area contributed by atoms with E-state index in [1.807, 2.05) is 0 Å². The van der Waals surface area contributed by atoms with Crippen molar-refractivity contribution in [1.29, 1.82) is 0 Å². The fraction of sp³-hybridized carbons (Fsp3) is 0.364. The third-order valence-electron chi connectivity index (χ3n) is 2.21. The molecular formula is C11H8F6O3. The summed E-state index contributed by atoms with van der Waals surface area (Å²) in [6.07, 6.45) is -10.5. The summed E-state index contributed by atoms with van der Waals surface area (Å²) in [7, 11) is 0. The van der Waals surface area contributed by atoms with Crippen molar-refractivity contribution in [3.63, 3.8) is 0 Å². The number of aromatic hydroxyl groups is 1. The minimum Gasteiger partial charge on any atom is -0.508 e. The number of hydrogen-bond donors (Lipinski definition) is 1. The number of phenols is 1. The third kappa shape index (κ3) is 3.34. The van der Waals surface area contributed by atoms with Gasteiger partial charge in [0.05, 0.1) is 23.3 Å². The van der Waals surface area contributed by atoms with Crippen molar-refractivity contribution in [2.45, 2.75) is 19.3 Å². The topological polar surface area (TPSA) is 46.5 Å². The van der Waals surface area contributed by atoms with E-state index in [9.17, 15) is 31.1 Å². The molecule has 3 nitrogen and oxygen atoms in total. The number of ether oxygens (including phenoxy) is 1. The molecular weight excluding hydrogens is 294 g/mol. The molecule has 0 bridgehead atoms. The van der Waals surface area contributed by atoms with Crippen molar-refractivity contribution in [2.75, 3.05) is 6.61 Å². The van der Waals surface area contributed by atoms with Crippen LogP contribution < -0.4 is 0 Å². The molecule has 20 heavy (non-hydrogen) atoms. The number of hydrogen-bond acceptors (Lipinski definition) is 3. The maximum absolute atomic E-state index is 12.7. The molecule has 0 radical (unpaired) electrons. The van der Waals surface area contributed by atoms with Crippen molar-refractivity contribution in [3.8, 4) is 5.75 Å². The van der Waals surface area contributed by atoms with Gasteiger partial charge in [0.15, 0.2) is 0 Å². The summed E-state index contributed by atoms with van der Waals surface area (Å²) in [4.78, 5) is 11.4. The Morgan fingerprint density at radius 2 is 1.50 bits per heavy atom. The molecule has 0 aliphatic carbocycles. The molecule has 0 fully saturated rings. The van der Waals surface area contributed by atoms with Crippen molar-refractivity contribution in [3.05, 3.63) is 28.8 Å². The van der Waals surface area contributed by atoms with Crippen LogP contribution in [0.25, 0.3) is 0 Å². The molecule has 0 aliphatic heterocycles. The maximum atomic E-state index is 12.7. The Hall–Kier alpha value is -1.93. The van der Waals surface area contributed by atoms with Gasteiger partial charge < -0.3 is 9.84 Å². The van der Waals surface area contributed by atoms with E-state index in [2.05, 4.69) is 4.74 Å². The molecule has 0 spiro atoms. The molecule has 1 aromatic carbocycles. The predicted octanol–water partition coefficient (Wildman–Crippen LogP) is 3.61. The normalized spacial score (nSPS) is 12.3. The summed E-state index contributed by atoms with van der Waals surface area (Å²) in [6.45, 7) is 0.840. The lowest BCUT2D eigenvalue weighted by Gasteiger charge is -2.18. The number of alkyl halides is 6. The molecule has 1 rings (SSSR count).